The molecule has 1 amide bonds. The molecule has 0 aliphatic carbocycles. The van der Waals surface area contributed by atoms with Gasteiger partial charge in [0.25, 0.3) is 0 Å². The van der Waals surface area contributed by atoms with E-state index in [1.807, 2.05) is 24.3 Å². The molecular formula is C16H24ClN3O3S. The first-order valence-electron chi connectivity index (χ1n) is 7.93. The molecule has 0 radical (unpaired) electrons. The first kappa shape index (κ1) is 19.2. The maximum absolute atomic E-state index is 12.3. The summed E-state index contributed by atoms with van der Waals surface area (Å²) in [5.41, 5.74) is 6.99. The Morgan fingerprint density at radius 3 is 2.54 bits per heavy atom. The molecule has 1 saturated heterocycles. The van der Waals surface area contributed by atoms with E-state index in [0.717, 1.165) is 36.5 Å². The minimum Gasteiger partial charge on any atom is -0.339 e. The average molecular weight is 374 g/mol. The Hall–Kier alpha value is -1.15. The summed E-state index contributed by atoms with van der Waals surface area (Å²) in [5, 5.41) is 0.721. The highest BCUT2D eigenvalue weighted by Crippen LogP contribution is 2.14. The second-order valence-corrected chi connectivity index (χ2v) is 8.95. The summed E-state index contributed by atoms with van der Waals surface area (Å²) >= 11 is 6.00. The van der Waals surface area contributed by atoms with Crippen molar-refractivity contribution in [2.75, 3.05) is 38.2 Å². The summed E-state index contributed by atoms with van der Waals surface area (Å²) in [6.45, 7) is 3.52. The van der Waals surface area contributed by atoms with Crippen LogP contribution in [0.25, 0.3) is 0 Å². The van der Waals surface area contributed by atoms with Crippen LogP contribution in [0.15, 0.2) is 24.3 Å². The molecule has 8 heteroatoms. The van der Waals surface area contributed by atoms with Crippen molar-refractivity contribution in [1.29, 1.82) is 0 Å². The van der Waals surface area contributed by atoms with Crippen LogP contribution in [0.3, 0.4) is 0 Å². The van der Waals surface area contributed by atoms with Gasteiger partial charge in [-0.25, -0.2) is 8.42 Å². The molecule has 24 heavy (non-hydrogen) atoms. The molecule has 6 nitrogen and oxygen atoms in total. The number of carbonyl (C=O) groups is 1. The lowest BCUT2D eigenvalue weighted by atomic mass is 10.1. The highest BCUT2D eigenvalue weighted by Gasteiger charge is 2.25. The van der Waals surface area contributed by atoms with Crippen LogP contribution in [0, 0.1) is 0 Å². The van der Waals surface area contributed by atoms with E-state index in [1.165, 1.54) is 0 Å². The van der Waals surface area contributed by atoms with Crippen LogP contribution in [-0.4, -0.2) is 68.4 Å². The Labute approximate surface area is 148 Å². The van der Waals surface area contributed by atoms with Crippen molar-refractivity contribution in [2.24, 2.45) is 5.73 Å². The third-order valence-corrected chi connectivity index (χ3v) is 5.31. The highest BCUT2D eigenvalue weighted by atomic mass is 35.5. The summed E-state index contributed by atoms with van der Waals surface area (Å²) in [4.78, 5) is 16.3. The lowest BCUT2D eigenvalue weighted by Crippen LogP contribution is -2.53. The largest absolute Gasteiger partial charge is 0.339 e. The van der Waals surface area contributed by atoms with Crippen LogP contribution in [-0.2, 0) is 21.2 Å². The molecule has 1 fully saturated rings. The summed E-state index contributed by atoms with van der Waals surface area (Å²) in [6.07, 6.45) is 1.32. The van der Waals surface area contributed by atoms with Crippen LogP contribution in [0.1, 0.15) is 12.0 Å². The van der Waals surface area contributed by atoms with E-state index in [4.69, 9.17) is 17.3 Å². The number of rotatable bonds is 6. The second kappa shape index (κ2) is 8.29. The van der Waals surface area contributed by atoms with Crippen LogP contribution < -0.4 is 5.73 Å². The molecule has 0 aromatic heterocycles. The first-order valence-corrected chi connectivity index (χ1v) is 10.4. The molecule has 0 spiro atoms. The van der Waals surface area contributed by atoms with E-state index in [9.17, 15) is 13.2 Å². The zero-order valence-electron chi connectivity index (χ0n) is 13.8. The van der Waals surface area contributed by atoms with Crippen LogP contribution in [0.2, 0.25) is 5.02 Å². The molecule has 1 aromatic rings. The molecule has 1 atom stereocenters. The lowest BCUT2D eigenvalue weighted by Gasteiger charge is -2.36. The van der Waals surface area contributed by atoms with Crippen molar-refractivity contribution in [1.82, 2.24) is 9.80 Å². The van der Waals surface area contributed by atoms with Crippen molar-refractivity contribution < 1.29 is 13.2 Å². The molecule has 2 rings (SSSR count). The van der Waals surface area contributed by atoms with Gasteiger partial charge in [-0.1, -0.05) is 23.7 Å². The minimum absolute atomic E-state index is 0.0609. The lowest BCUT2D eigenvalue weighted by molar-refractivity contribution is -0.134. The van der Waals surface area contributed by atoms with Gasteiger partial charge in [-0.15, -0.1) is 0 Å². The van der Waals surface area contributed by atoms with Gasteiger partial charge >= 0.3 is 0 Å². The van der Waals surface area contributed by atoms with Crippen LogP contribution >= 0.6 is 11.6 Å². The van der Waals surface area contributed by atoms with E-state index < -0.39 is 15.9 Å². The number of sulfone groups is 1. The fraction of sp³-hybridized carbons (Fsp3) is 0.562. The third kappa shape index (κ3) is 6.05. The molecule has 1 aliphatic heterocycles. The van der Waals surface area contributed by atoms with Gasteiger partial charge in [-0.3, -0.25) is 9.69 Å². The van der Waals surface area contributed by atoms with E-state index in [-0.39, 0.29) is 18.1 Å². The highest BCUT2D eigenvalue weighted by molar-refractivity contribution is 7.90. The third-order valence-electron chi connectivity index (χ3n) is 4.10. The number of nitrogens with zero attached hydrogens (tertiary/aromatic N) is 2. The Morgan fingerprint density at radius 1 is 1.29 bits per heavy atom. The van der Waals surface area contributed by atoms with Gasteiger partial charge in [0, 0.05) is 44.0 Å². The molecule has 1 aliphatic rings. The number of amides is 1. The molecule has 1 aromatic carbocycles. The number of nitrogens with two attached hydrogens (primary N) is 1. The predicted molar refractivity (Wildman–Crippen MR) is 95.6 cm³/mol. The molecule has 0 bridgehead atoms. The minimum atomic E-state index is -3.10. The molecule has 0 saturated carbocycles. The van der Waals surface area contributed by atoms with Crippen molar-refractivity contribution in [3.63, 3.8) is 0 Å². The smallest absolute Gasteiger partial charge is 0.239 e. The Kier molecular flexibility index (Phi) is 6.62. The zero-order valence-corrected chi connectivity index (χ0v) is 15.4. The standard InChI is InChI=1S/C16H24ClN3O3S/c1-24(22,23)10-5-15(18)16(21)20-8-6-19(7-9-20)12-13-3-2-4-14(17)11-13/h2-4,11,15H,5-10,12,18H2,1H3. The second-order valence-electron chi connectivity index (χ2n) is 6.26. The molecule has 2 N–H and O–H groups in total. The van der Waals surface area contributed by atoms with Gasteiger partial charge in [-0.05, 0) is 24.1 Å². The van der Waals surface area contributed by atoms with E-state index >= 15 is 0 Å². The number of hydrogen-bond donors (Lipinski definition) is 1. The van der Waals surface area contributed by atoms with Crippen molar-refractivity contribution in [2.45, 2.75) is 19.0 Å². The van der Waals surface area contributed by atoms with Crippen LogP contribution in [0.5, 0.6) is 0 Å². The van der Waals surface area contributed by atoms with Crippen LogP contribution in [0.4, 0.5) is 0 Å². The Balaban J connectivity index is 1.80. The number of benzene rings is 1. The first-order chi connectivity index (χ1) is 11.2. The van der Waals surface area contributed by atoms with Gasteiger partial charge in [0.05, 0.1) is 11.8 Å². The van der Waals surface area contributed by atoms with Gasteiger partial charge in [0.2, 0.25) is 5.91 Å². The molecule has 1 heterocycles. The fourth-order valence-corrected chi connectivity index (χ4v) is 3.61. The number of halogens is 1. The quantitative estimate of drug-likeness (QED) is 0.795. The number of piperazine rings is 1. The van der Waals surface area contributed by atoms with Crippen molar-refractivity contribution in [3.8, 4) is 0 Å². The average Bonchev–Trinajstić information content (AvgIpc) is 2.52. The van der Waals surface area contributed by atoms with Gasteiger partial charge in [0.1, 0.15) is 9.84 Å². The summed E-state index contributed by atoms with van der Waals surface area (Å²) in [6, 6.07) is 7.00. The van der Waals surface area contributed by atoms with E-state index in [1.54, 1.807) is 4.90 Å². The number of carbonyl (C=O) groups excluding carboxylic acids is 1. The normalized spacial score (nSPS) is 17.7. The zero-order chi connectivity index (χ0) is 17.7. The molecular weight excluding hydrogens is 350 g/mol. The summed E-state index contributed by atoms with van der Waals surface area (Å²) in [7, 11) is -3.10. The van der Waals surface area contributed by atoms with Crippen molar-refractivity contribution >= 4 is 27.3 Å². The van der Waals surface area contributed by atoms with Gasteiger partial charge < -0.3 is 10.6 Å². The Bertz CT molecular complexity index is 673. The fourth-order valence-electron chi connectivity index (χ4n) is 2.72. The molecule has 1 unspecified atom stereocenters. The summed E-state index contributed by atoms with van der Waals surface area (Å²) < 4.78 is 22.4. The SMILES string of the molecule is CS(=O)(=O)CCC(N)C(=O)N1CCN(Cc2cccc(Cl)c2)CC1. The van der Waals surface area contributed by atoms with E-state index in [0.29, 0.717) is 13.1 Å². The topological polar surface area (TPSA) is 83.7 Å². The summed E-state index contributed by atoms with van der Waals surface area (Å²) in [5.74, 6) is -0.227. The monoisotopic (exact) mass is 373 g/mol. The maximum atomic E-state index is 12.3. The van der Waals surface area contributed by atoms with E-state index in [2.05, 4.69) is 4.90 Å². The van der Waals surface area contributed by atoms with Crippen molar-refractivity contribution in [3.05, 3.63) is 34.9 Å². The molecule has 134 valence electrons. The predicted octanol–water partition coefficient (Wildman–Crippen LogP) is 0.746. The Morgan fingerprint density at radius 2 is 1.96 bits per heavy atom. The number of hydrogen-bond acceptors (Lipinski definition) is 5. The van der Waals surface area contributed by atoms with Gasteiger partial charge in [-0.2, -0.15) is 0 Å². The van der Waals surface area contributed by atoms with Gasteiger partial charge in [0.15, 0.2) is 0 Å². The maximum Gasteiger partial charge on any atom is 0.239 e.